The van der Waals surface area contributed by atoms with Gasteiger partial charge in [0.05, 0.1) is 25.6 Å². The molecule has 3 fully saturated rings. The first-order chi connectivity index (χ1) is 5.61. The summed E-state index contributed by atoms with van der Waals surface area (Å²) in [6, 6.07) is 0. The van der Waals surface area contributed by atoms with E-state index < -0.39 is 18.0 Å². The largest absolute Gasteiger partial charge is 0.370 e. The van der Waals surface area contributed by atoms with E-state index in [1.54, 1.807) is 0 Å². The minimum Gasteiger partial charge on any atom is -0.370 e. The van der Waals surface area contributed by atoms with E-state index >= 15 is 0 Å². The highest BCUT2D eigenvalue weighted by molar-refractivity contribution is 5.21. The van der Waals surface area contributed by atoms with Crippen molar-refractivity contribution in [2.24, 2.45) is 11.7 Å². The zero-order chi connectivity index (χ0) is 8.56. The predicted molar refractivity (Wildman–Crippen MR) is 35.7 cm³/mol. The number of hydrogen-bond donors (Lipinski definition) is 2. The van der Waals surface area contributed by atoms with Crippen molar-refractivity contribution in [2.75, 3.05) is 13.1 Å². The lowest BCUT2D eigenvalue weighted by Gasteiger charge is -2.62. The van der Waals surface area contributed by atoms with Crippen molar-refractivity contribution in [2.45, 2.75) is 23.9 Å². The van der Waals surface area contributed by atoms with E-state index in [2.05, 4.69) is 0 Å². The molecule has 5 atom stereocenters. The molecule has 11 heavy (non-hydrogen) atoms. The molecule has 2 saturated heterocycles. The summed E-state index contributed by atoms with van der Waals surface area (Å²) in [5.74, 6) is -1.07. The molecule has 4 heteroatoms. The number of ether oxygens (including phenoxy) is 2. The maximum absolute atomic E-state index is 9.62. The molecule has 0 amide bonds. The number of nitrogens with two attached hydrogens (primary N) is 1. The molecule has 4 nitrogen and oxygen atoms in total. The topological polar surface area (TPSA) is 64.7 Å². The molecule has 0 aromatic heterocycles. The van der Waals surface area contributed by atoms with E-state index in [-0.39, 0.29) is 12.0 Å². The minimum atomic E-state index is -1.01. The summed E-state index contributed by atoms with van der Waals surface area (Å²) in [6.07, 6.45) is 0.167. The van der Waals surface area contributed by atoms with Gasteiger partial charge in [-0.2, -0.15) is 0 Å². The molecule has 3 rings (SSSR count). The summed E-state index contributed by atoms with van der Waals surface area (Å²) in [5.41, 5.74) is 5.08. The molecule has 1 saturated carbocycles. The van der Waals surface area contributed by atoms with Gasteiger partial charge in [0, 0.05) is 13.0 Å². The molecular formula is C7H11NO3. The zero-order valence-corrected chi connectivity index (χ0v) is 5.99. The molecule has 2 heterocycles. The van der Waals surface area contributed by atoms with Gasteiger partial charge in [-0.05, 0) is 0 Å². The van der Waals surface area contributed by atoms with Crippen molar-refractivity contribution >= 4 is 0 Å². The molecule has 2 aliphatic heterocycles. The van der Waals surface area contributed by atoms with Crippen LogP contribution in [0.4, 0.5) is 0 Å². The lowest BCUT2D eigenvalue weighted by Crippen LogP contribution is -2.77. The average molecular weight is 159 g/mol. The molecule has 0 bridgehead atoms. The third-order valence-corrected chi connectivity index (χ3v) is 3.06. The Morgan fingerprint density at radius 1 is 1.82 bits per heavy atom. The zero-order valence-electron chi connectivity index (χ0n) is 6.99. The third-order valence-electron chi connectivity index (χ3n) is 3.06. The Morgan fingerprint density at radius 3 is 3.18 bits per heavy atom. The number of aliphatic hydroxyl groups is 1. The highest BCUT2D eigenvalue weighted by Gasteiger charge is 2.78. The standard InChI is InChI=1S/C7H11NO3/c8-3-6-2-7(9)5(6)4(11-7)1-10-6/h4-5,9H,1-3,8H2/t4-,5?,6-,7?/m1/s1/i1T/t1-,4+,5?,6+,7?/m0. The molecule has 2 unspecified atom stereocenters. The van der Waals surface area contributed by atoms with Crippen LogP contribution in [-0.4, -0.2) is 35.7 Å². The molecule has 62 valence electrons. The SMILES string of the molecule is [3H][C@@H]1O[C@@]2(CN)CC3(O)O[C@H]1C32. The highest BCUT2D eigenvalue weighted by atomic mass is 16.7. The summed E-state index contributed by atoms with van der Waals surface area (Å²) < 4.78 is 18.0. The molecule has 0 aromatic rings. The summed E-state index contributed by atoms with van der Waals surface area (Å²) in [6.45, 7) is -0.295. The van der Waals surface area contributed by atoms with Gasteiger partial charge in [-0.1, -0.05) is 0 Å². The van der Waals surface area contributed by atoms with E-state index in [1.807, 2.05) is 0 Å². The molecule has 0 radical (unpaired) electrons. The highest BCUT2D eigenvalue weighted by Crippen LogP contribution is 2.63. The monoisotopic (exact) mass is 159 g/mol. The number of hydrogen-bond acceptors (Lipinski definition) is 4. The Hall–Kier alpha value is -0.160. The second-order valence-corrected chi connectivity index (χ2v) is 3.60. The Balaban J connectivity index is 1.94. The maximum atomic E-state index is 9.62. The van der Waals surface area contributed by atoms with E-state index in [0.717, 1.165) is 0 Å². The van der Waals surface area contributed by atoms with Crippen molar-refractivity contribution in [3.05, 3.63) is 0 Å². The molecular weight excluding hydrogens is 146 g/mol. The van der Waals surface area contributed by atoms with Crippen molar-refractivity contribution in [1.82, 2.24) is 0 Å². The van der Waals surface area contributed by atoms with Crippen LogP contribution in [0.1, 0.15) is 7.79 Å². The quantitative estimate of drug-likeness (QED) is 0.505. The van der Waals surface area contributed by atoms with Crippen molar-refractivity contribution in [1.29, 1.82) is 0 Å². The van der Waals surface area contributed by atoms with Gasteiger partial charge in [0.15, 0.2) is 5.79 Å². The maximum Gasteiger partial charge on any atom is 0.177 e. The van der Waals surface area contributed by atoms with Crippen molar-refractivity contribution < 1.29 is 16.0 Å². The van der Waals surface area contributed by atoms with E-state index in [4.69, 9.17) is 16.6 Å². The van der Waals surface area contributed by atoms with Crippen LogP contribution in [-0.2, 0) is 9.47 Å². The summed E-state index contributed by atoms with van der Waals surface area (Å²) >= 11 is 0. The van der Waals surface area contributed by atoms with Gasteiger partial charge in [-0.25, -0.2) is 0 Å². The molecule has 3 N–H and O–H groups in total. The van der Waals surface area contributed by atoms with Crippen LogP contribution in [0.5, 0.6) is 0 Å². The van der Waals surface area contributed by atoms with Crippen LogP contribution in [0.15, 0.2) is 0 Å². The average Bonchev–Trinajstić information content (AvgIpc) is 2.09. The molecule has 0 spiro atoms. The molecule has 1 aliphatic carbocycles. The van der Waals surface area contributed by atoms with Gasteiger partial charge in [-0.15, -0.1) is 0 Å². The fourth-order valence-corrected chi connectivity index (χ4v) is 2.50. The first-order valence-corrected chi connectivity index (χ1v) is 3.82. The Kier molecular flexibility index (Phi) is 0.734. The van der Waals surface area contributed by atoms with Crippen LogP contribution in [0, 0.1) is 5.92 Å². The smallest absolute Gasteiger partial charge is 0.177 e. The lowest BCUT2D eigenvalue weighted by molar-refractivity contribution is -0.427. The third kappa shape index (κ3) is 0.471. The Labute approximate surface area is 65.7 Å². The fraction of sp³-hybridized carbons (Fsp3) is 1.00. The fourth-order valence-electron chi connectivity index (χ4n) is 2.50. The van der Waals surface area contributed by atoms with Crippen LogP contribution >= 0.6 is 0 Å². The normalized spacial score (nSPS) is 72.9. The van der Waals surface area contributed by atoms with Crippen LogP contribution in [0.3, 0.4) is 0 Å². The Morgan fingerprint density at radius 2 is 2.64 bits per heavy atom. The van der Waals surface area contributed by atoms with Gasteiger partial charge in [-0.3, -0.25) is 0 Å². The summed E-state index contributed by atoms with van der Waals surface area (Å²) in [5, 5.41) is 9.62. The van der Waals surface area contributed by atoms with Gasteiger partial charge in [0.25, 0.3) is 0 Å². The first-order valence-electron chi connectivity index (χ1n) is 4.39. The van der Waals surface area contributed by atoms with Crippen LogP contribution < -0.4 is 5.73 Å². The van der Waals surface area contributed by atoms with E-state index in [0.29, 0.717) is 13.0 Å². The predicted octanol–water partition coefficient (Wildman–Crippen LogP) is -1.18. The van der Waals surface area contributed by atoms with Crippen molar-refractivity contribution in [3.8, 4) is 0 Å². The summed E-state index contributed by atoms with van der Waals surface area (Å²) in [4.78, 5) is 0. The molecule has 0 aromatic carbocycles. The second-order valence-electron chi connectivity index (χ2n) is 3.60. The number of rotatable bonds is 1. The van der Waals surface area contributed by atoms with Gasteiger partial charge in [0.1, 0.15) is 0 Å². The first kappa shape index (κ1) is 5.48. The minimum absolute atomic E-state index is 0.0579. The van der Waals surface area contributed by atoms with Gasteiger partial charge >= 0.3 is 0 Å². The summed E-state index contributed by atoms with van der Waals surface area (Å²) in [7, 11) is 0. The van der Waals surface area contributed by atoms with E-state index in [9.17, 15) is 5.11 Å². The van der Waals surface area contributed by atoms with Crippen LogP contribution in [0.25, 0.3) is 0 Å². The van der Waals surface area contributed by atoms with Crippen LogP contribution in [0.2, 0.25) is 0 Å². The van der Waals surface area contributed by atoms with E-state index in [1.165, 1.54) is 0 Å². The second kappa shape index (κ2) is 1.47. The molecule has 3 aliphatic rings. The van der Waals surface area contributed by atoms with Gasteiger partial charge in [0.2, 0.25) is 0 Å². The Bertz CT molecular complexity index is 247. The van der Waals surface area contributed by atoms with Crippen molar-refractivity contribution in [3.63, 3.8) is 0 Å². The lowest BCUT2D eigenvalue weighted by atomic mass is 9.59. The van der Waals surface area contributed by atoms with Gasteiger partial charge < -0.3 is 20.3 Å².